The number of unbranched alkanes of at least 4 members (excludes halogenated alkanes) is 1. The third-order valence-corrected chi connectivity index (χ3v) is 8.10. The summed E-state index contributed by atoms with van der Waals surface area (Å²) >= 11 is 0. The number of nitrogens with zero attached hydrogens (tertiary/aromatic N) is 3. The Kier molecular flexibility index (Phi) is 6.72. The number of aromatic nitrogens is 3. The molecule has 0 radical (unpaired) electrons. The van der Waals surface area contributed by atoms with Gasteiger partial charge in [0, 0.05) is 18.4 Å². The lowest BCUT2D eigenvalue weighted by atomic mass is 9.72. The molecule has 1 amide bonds. The standard InChI is InChI=1S/C33H33N5O2/c1-40-25-14-12-22(13-15-25)20-28-37-29-30(26-10-4-5-11-27(26)36-31(29)34)38(28)19-7-6-17-33(32(35)39)18-16-23-8-2-3-9-24(23)21-33/h2-5,8-16,18H,6-7,17,19-21H2,1H3,(H2,34,36)(H2,35,39). The Morgan fingerprint density at radius 1 is 1.00 bits per heavy atom. The highest BCUT2D eigenvalue weighted by Crippen LogP contribution is 2.37. The summed E-state index contributed by atoms with van der Waals surface area (Å²) in [6.07, 6.45) is 7.74. The molecular formula is C33H33N5O2. The van der Waals surface area contributed by atoms with Crippen molar-refractivity contribution < 1.29 is 9.53 Å². The molecule has 40 heavy (non-hydrogen) atoms. The van der Waals surface area contributed by atoms with Crippen LogP contribution in [0.5, 0.6) is 5.75 Å². The Morgan fingerprint density at radius 2 is 1.77 bits per heavy atom. The zero-order valence-electron chi connectivity index (χ0n) is 22.6. The van der Waals surface area contributed by atoms with Gasteiger partial charge in [0.15, 0.2) is 5.82 Å². The highest BCUT2D eigenvalue weighted by molar-refractivity contribution is 6.06. The zero-order chi connectivity index (χ0) is 27.7. The number of aryl methyl sites for hydroxylation is 1. The van der Waals surface area contributed by atoms with Gasteiger partial charge < -0.3 is 20.8 Å². The summed E-state index contributed by atoms with van der Waals surface area (Å²) in [6.45, 7) is 0.741. The van der Waals surface area contributed by atoms with E-state index >= 15 is 0 Å². The molecule has 0 saturated carbocycles. The lowest BCUT2D eigenvalue weighted by Crippen LogP contribution is -2.38. The average Bonchev–Trinajstić information content (AvgIpc) is 3.34. The van der Waals surface area contributed by atoms with Crippen molar-refractivity contribution in [2.24, 2.45) is 11.1 Å². The molecule has 6 rings (SSSR count). The lowest BCUT2D eigenvalue weighted by molar-refractivity contribution is -0.125. The van der Waals surface area contributed by atoms with Crippen molar-refractivity contribution in [1.82, 2.24) is 14.5 Å². The fourth-order valence-corrected chi connectivity index (χ4v) is 5.89. The topological polar surface area (TPSA) is 109 Å². The number of pyridine rings is 1. The zero-order valence-corrected chi connectivity index (χ0v) is 22.6. The van der Waals surface area contributed by atoms with Crippen molar-refractivity contribution in [2.75, 3.05) is 12.8 Å². The summed E-state index contributed by atoms with van der Waals surface area (Å²) in [7, 11) is 1.67. The van der Waals surface area contributed by atoms with Gasteiger partial charge in [0.1, 0.15) is 17.1 Å². The number of primary amides is 1. The molecule has 1 aliphatic rings. The molecule has 2 heterocycles. The Balaban J connectivity index is 1.30. The number of ether oxygens (including phenoxy) is 1. The molecule has 0 spiro atoms. The molecule has 1 aliphatic carbocycles. The van der Waals surface area contributed by atoms with Crippen molar-refractivity contribution in [3.63, 3.8) is 0 Å². The number of para-hydroxylation sites is 1. The van der Waals surface area contributed by atoms with Gasteiger partial charge in [-0.2, -0.15) is 0 Å². The van der Waals surface area contributed by atoms with Gasteiger partial charge in [-0.3, -0.25) is 4.79 Å². The number of amides is 1. The highest BCUT2D eigenvalue weighted by Gasteiger charge is 2.36. The normalized spacial score (nSPS) is 16.3. The molecule has 0 saturated heterocycles. The third-order valence-electron chi connectivity index (χ3n) is 8.10. The summed E-state index contributed by atoms with van der Waals surface area (Å²) in [5, 5.41) is 1.03. The quantitative estimate of drug-likeness (QED) is 0.238. The van der Waals surface area contributed by atoms with E-state index in [1.807, 2.05) is 54.6 Å². The molecule has 4 N–H and O–H groups in total. The predicted molar refractivity (Wildman–Crippen MR) is 160 cm³/mol. The fourth-order valence-electron chi connectivity index (χ4n) is 5.89. The Morgan fingerprint density at radius 3 is 2.58 bits per heavy atom. The summed E-state index contributed by atoms with van der Waals surface area (Å²) in [6, 6.07) is 24.3. The first-order chi connectivity index (χ1) is 19.5. The minimum atomic E-state index is -0.668. The maximum absolute atomic E-state index is 12.7. The van der Waals surface area contributed by atoms with Crippen LogP contribution in [0.4, 0.5) is 5.82 Å². The number of anilines is 1. The lowest BCUT2D eigenvalue weighted by Gasteiger charge is -2.31. The highest BCUT2D eigenvalue weighted by atomic mass is 16.5. The minimum Gasteiger partial charge on any atom is -0.497 e. The smallest absolute Gasteiger partial charge is 0.227 e. The van der Waals surface area contributed by atoms with Gasteiger partial charge in [0.05, 0.1) is 23.6 Å². The second kappa shape index (κ2) is 10.5. The van der Waals surface area contributed by atoms with Gasteiger partial charge in [-0.1, -0.05) is 73.2 Å². The first-order valence-electron chi connectivity index (χ1n) is 13.7. The molecule has 3 aromatic carbocycles. The van der Waals surface area contributed by atoms with E-state index in [0.29, 0.717) is 25.1 Å². The molecule has 1 atom stereocenters. The van der Waals surface area contributed by atoms with Crippen LogP contribution in [-0.4, -0.2) is 27.6 Å². The molecule has 0 fully saturated rings. The summed E-state index contributed by atoms with van der Waals surface area (Å²) in [5.74, 6) is 1.92. The number of nitrogen functional groups attached to an aromatic ring is 1. The van der Waals surface area contributed by atoms with Gasteiger partial charge in [-0.05, 0) is 54.2 Å². The number of benzene rings is 3. The van der Waals surface area contributed by atoms with Crippen LogP contribution in [0.15, 0.2) is 78.9 Å². The Hall–Kier alpha value is -4.65. The summed E-state index contributed by atoms with van der Waals surface area (Å²) < 4.78 is 7.61. The number of carbonyl (C=O) groups excluding carboxylic acids is 1. The molecule has 7 nitrogen and oxygen atoms in total. The van der Waals surface area contributed by atoms with Gasteiger partial charge in [-0.25, -0.2) is 9.97 Å². The average molecular weight is 532 g/mol. The first-order valence-corrected chi connectivity index (χ1v) is 13.7. The minimum absolute atomic E-state index is 0.267. The van der Waals surface area contributed by atoms with E-state index < -0.39 is 5.41 Å². The maximum atomic E-state index is 12.7. The number of rotatable bonds is 9. The third kappa shape index (κ3) is 4.68. The maximum Gasteiger partial charge on any atom is 0.227 e. The van der Waals surface area contributed by atoms with E-state index in [-0.39, 0.29) is 5.91 Å². The molecule has 202 valence electrons. The van der Waals surface area contributed by atoms with Crippen LogP contribution in [0.25, 0.3) is 28.0 Å². The van der Waals surface area contributed by atoms with Gasteiger partial charge in [0.2, 0.25) is 5.91 Å². The SMILES string of the molecule is COc1ccc(Cc2nc3c(N)nc4ccccc4c3n2CCCCC2(C(N)=O)C=Cc3ccccc3C2)cc1. The fraction of sp³-hybridized carbons (Fsp3) is 0.242. The molecular weight excluding hydrogens is 498 g/mol. The number of imidazole rings is 1. The predicted octanol–water partition coefficient (Wildman–Crippen LogP) is 5.68. The number of hydrogen-bond donors (Lipinski definition) is 2. The van der Waals surface area contributed by atoms with Crippen LogP contribution in [0, 0.1) is 5.41 Å². The van der Waals surface area contributed by atoms with E-state index in [0.717, 1.165) is 64.0 Å². The summed E-state index contributed by atoms with van der Waals surface area (Å²) in [5.41, 5.74) is 17.8. The van der Waals surface area contributed by atoms with Gasteiger partial charge >= 0.3 is 0 Å². The van der Waals surface area contributed by atoms with E-state index in [4.69, 9.17) is 21.2 Å². The largest absolute Gasteiger partial charge is 0.497 e. The van der Waals surface area contributed by atoms with Gasteiger partial charge in [-0.15, -0.1) is 0 Å². The molecule has 5 aromatic rings. The van der Waals surface area contributed by atoms with Crippen LogP contribution < -0.4 is 16.2 Å². The van der Waals surface area contributed by atoms with Crippen LogP contribution in [0.3, 0.4) is 0 Å². The second-order valence-corrected chi connectivity index (χ2v) is 10.6. The Labute approximate surface area is 233 Å². The van der Waals surface area contributed by atoms with E-state index in [2.05, 4.69) is 39.9 Å². The first kappa shape index (κ1) is 25.6. The summed E-state index contributed by atoms with van der Waals surface area (Å²) in [4.78, 5) is 22.3. The van der Waals surface area contributed by atoms with Crippen molar-refractivity contribution in [2.45, 2.75) is 38.6 Å². The molecule has 0 aliphatic heterocycles. The van der Waals surface area contributed by atoms with Gasteiger partial charge in [0.25, 0.3) is 0 Å². The van der Waals surface area contributed by atoms with E-state index in [1.54, 1.807) is 7.11 Å². The van der Waals surface area contributed by atoms with Crippen LogP contribution in [-0.2, 0) is 24.2 Å². The molecule has 2 aromatic heterocycles. The number of carbonyl (C=O) groups is 1. The van der Waals surface area contributed by atoms with Crippen molar-refractivity contribution in [3.8, 4) is 5.75 Å². The van der Waals surface area contributed by atoms with Crippen LogP contribution in [0.2, 0.25) is 0 Å². The molecule has 7 heteroatoms. The number of hydrogen-bond acceptors (Lipinski definition) is 5. The number of nitrogens with two attached hydrogens (primary N) is 2. The van der Waals surface area contributed by atoms with Crippen LogP contribution >= 0.6 is 0 Å². The second-order valence-electron chi connectivity index (χ2n) is 10.6. The molecule has 1 unspecified atom stereocenters. The van der Waals surface area contributed by atoms with Crippen molar-refractivity contribution in [3.05, 3.63) is 101 Å². The monoisotopic (exact) mass is 531 g/mol. The van der Waals surface area contributed by atoms with Crippen molar-refractivity contribution in [1.29, 1.82) is 0 Å². The van der Waals surface area contributed by atoms with Crippen molar-refractivity contribution >= 4 is 39.7 Å². The van der Waals surface area contributed by atoms with E-state index in [1.165, 1.54) is 5.56 Å². The number of fused-ring (bicyclic) bond motifs is 4. The molecule has 0 bridgehead atoms. The van der Waals surface area contributed by atoms with Crippen LogP contribution in [0.1, 0.15) is 41.8 Å². The number of methoxy groups -OCH3 is 1. The Bertz CT molecular complexity index is 1740. The van der Waals surface area contributed by atoms with E-state index in [9.17, 15) is 4.79 Å².